The van der Waals surface area contributed by atoms with Gasteiger partial charge < -0.3 is 0 Å². The molecular formula is C62H44N8O2P2. The van der Waals surface area contributed by atoms with E-state index in [4.69, 9.17) is 19.9 Å². The maximum atomic E-state index is 17.3. The van der Waals surface area contributed by atoms with E-state index in [1.807, 2.05) is 286 Å². The van der Waals surface area contributed by atoms with Gasteiger partial charge >= 0.3 is 14.9 Å². The fourth-order valence-electron chi connectivity index (χ4n) is 9.98. The molecule has 0 bridgehead atoms. The lowest BCUT2D eigenvalue weighted by molar-refractivity contribution is 0.580. The van der Waals surface area contributed by atoms with Crippen molar-refractivity contribution in [2.45, 2.75) is 0 Å². The van der Waals surface area contributed by atoms with E-state index in [2.05, 4.69) is 0 Å². The Morgan fingerprint density at radius 2 is 0.486 bits per heavy atom. The maximum Gasteiger partial charge on any atom is 0.304 e. The molecule has 0 aliphatic carbocycles. The van der Waals surface area contributed by atoms with E-state index in [1.54, 1.807) is 0 Å². The molecule has 0 N–H and O–H groups in total. The van der Waals surface area contributed by atoms with Crippen molar-refractivity contribution in [3.63, 3.8) is 0 Å². The van der Waals surface area contributed by atoms with Gasteiger partial charge in [-0.2, -0.15) is 0 Å². The molecule has 2 aliphatic heterocycles. The number of hydrogen-bond acceptors (Lipinski definition) is 6. The Labute approximate surface area is 429 Å². The largest absolute Gasteiger partial charge is 0.304 e. The number of anilines is 8. The van der Waals surface area contributed by atoms with Gasteiger partial charge in [0.1, 0.15) is 0 Å². The molecular weight excluding hydrogens is 951 g/mol. The summed E-state index contributed by atoms with van der Waals surface area (Å²) in [5, 5.41) is 0.956. The maximum absolute atomic E-state index is 17.3. The molecule has 0 amide bonds. The van der Waals surface area contributed by atoms with Gasteiger partial charge in [0.25, 0.3) is 0 Å². The average Bonchev–Trinajstić information content (AvgIpc) is 3.97. The Hall–Kier alpha value is -9.20. The van der Waals surface area contributed by atoms with E-state index in [-0.39, 0.29) is 11.9 Å². The normalized spacial score (nSPS) is 16.8. The van der Waals surface area contributed by atoms with E-state index in [0.717, 1.165) is 45.0 Å². The molecule has 2 aliphatic rings. The lowest BCUT2D eigenvalue weighted by Gasteiger charge is -2.34. The minimum Gasteiger partial charge on any atom is -0.270 e. The van der Waals surface area contributed by atoms with Gasteiger partial charge in [-0.1, -0.05) is 182 Å². The number of benzene rings is 9. The molecule has 0 spiro atoms. The van der Waals surface area contributed by atoms with Crippen molar-refractivity contribution in [3.05, 3.63) is 267 Å². The molecule has 4 heterocycles. The van der Waals surface area contributed by atoms with Crippen molar-refractivity contribution < 1.29 is 9.13 Å². The Morgan fingerprint density at radius 3 is 0.757 bits per heavy atom. The van der Waals surface area contributed by atoms with Crippen molar-refractivity contribution in [1.29, 1.82) is 0 Å². The Kier molecular flexibility index (Phi) is 11.1. The Balaban J connectivity index is 1.03. The van der Waals surface area contributed by atoms with Crippen molar-refractivity contribution in [3.8, 4) is 45.0 Å². The highest BCUT2D eigenvalue weighted by Crippen LogP contribution is 2.71. The van der Waals surface area contributed by atoms with Crippen LogP contribution in [0, 0.1) is 0 Å². The predicted octanol–water partition coefficient (Wildman–Crippen LogP) is 15.6. The standard InChI is InChI=1S/C62H44N8O2P2/c71-73(67(49-31-15-5-16-32-49)57-35-19-21-37-59(57)69(73)61-63-53(45-23-7-1-8-24-45)43-54(64-61)46-25-9-2-10-26-46)51-39-41-52(42-40-51)74(72)68(50-33-17-6-18-34-50)58-36-20-22-38-60(58)70(74)62-65-55(47-27-11-3-12-28-47)44-56(66-62)48-29-13-4-14-30-48/h1-44H. The van der Waals surface area contributed by atoms with Gasteiger partial charge in [0.05, 0.1) is 56.1 Å². The zero-order valence-corrected chi connectivity index (χ0v) is 41.5. The average molecular weight is 995 g/mol. The molecule has 74 heavy (non-hydrogen) atoms. The van der Waals surface area contributed by atoms with E-state index in [9.17, 15) is 0 Å². The van der Waals surface area contributed by atoms with Crippen molar-refractivity contribution in [2.24, 2.45) is 0 Å². The first-order chi connectivity index (χ1) is 36.5. The van der Waals surface area contributed by atoms with Crippen LogP contribution in [0.2, 0.25) is 0 Å². The van der Waals surface area contributed by atoms with Crippen molar-refractivity contribution >= 4 is 71.5 Å². The molecule has 12 heteroatoms. The summed E-state index contributed by atoms with van der Waals surface area (Å²) in [6.45, 7) is 0. The zero-order valence-electron chi connectivity index (χ0n) is 39.7. The lowest BCUT2D eigenvalue weighted by Crippen LogP contribution is -2.30. The number of rotatable bonds is 10. The number of nitrogens with zero attached hydrogens (tertiary/aromatic N) is 8. The molecule has 11 aromatic rings. The first kappa shape index (κ1) is 44.7. The third-order valence-corrected chi connectivity index (χ3v) is 19.2. The van der Waals surface area contributed by atoms with Crippen LogP contribution in [0.15, 0.2) is 267 Å². The number of para-hydroxylation sites is 6. The number of hydrogen-bond donors (Lipinski definition) is 0. The zero-order chi connectivity index (χ0) is 49.6. The monoisotopic (exact) mass is 994 g/mol. The van der Waals surface area contributed by atoms with Crippen LogP contribution in [0.1, 0.15) is 0 Å². The van der Waals surface area contributed by atoms with Gasteiger partial charge in [0.15, 0.2) is 0 Å². The number of aromatic nitrogens is 4. The van der Waals surface area contributed by atoms with Crippen LogP contribution >= 0.6 is 14.9 Å². The smallest absolute Gasteiger partial charge is 0.270 e. The van der Waals surface area contributed by atoms with Gasteiger partial charge in [0, 0.05) is 33.6 Å². The first-order valence-corrected chi connectivity index (χ1v) is 27.5. The summed E-state index contributed by atoms with van der Waals surface area (Å²) in [4.78, 5) is 21.1. The first-order valence-electron chi connectivity index (χ1n) is 24.3. The van der Waals surface area contributed by atoms with Crippen LogP contribution in [-0.2, 0) is 9.13 Å². The van der Waals surface area contributed by atoms with Gasteiger partial charge in [-0.25, -0.2) is 29.3 Å². The van der Waals surface area contributed by atoms with Crippen LogP contribution < -0.4 is 29.3 Å². The molecule has 2 atom stereocenters. The van der Waals surface area contributed by atoms with E-state index in [0.29, 0.717) is 44.8 Å². The third kappa shape index (κ3) is 7.50. The Morgan fingerprint density at radius 1 is 0.257 bits per heavy atom. The Bertz CT molecular complexity index is 3560. The van der Waals surface area contributed by atoms with E-state index in [1.165, 1.54) is 0 Å². The van der Waals surface area contributed by atoms with Crippen molar-refractivity contribution in [1.82, 2.24) is 19.9 Å². The number of fused-ring (bicyclic) bond motifs is 2. The van der Waals surface area contributed by atoms with Crippen molar-refractivity contribution in [2.75, 3.05) is 18.7 Å². The third-order valence-electron chi connectivity index (χ3n) is 13.4. The summed E-state index contributed by atoms with van der Waals surface area (Å²) in [7, 11) is -8.10. The van der Waals surface area contributed by atoms with Crippen LogP contribution in [0.4, 0.5) is 46.0 Å². The van der Waals surface area contributed by atoms with Crippen LogP contribution in [0.5, 0.6) is 0 Å². The second-order valence-electron chi connectivity index (χ2n) is 17.8. The van der Waals surface area contributed by atoms with Crippen LogP contribution in [-0.4, -0.2) is 19.9 Å². The molecule has 2 unspecified atom stereocenters. The van der Waals surface area contributed by atoms with Gasteiger partial charge in [-0.15, -0.1) is 0 Å². The molecule has 0 radical (unpaired) electrons. The lowest BCUT2D eigenvalue weighted by atomic mass is 10.1. The SMILES string of the molecule is O=P1(c2ccc(P3(=O)N(c4ccccc4)c4ccccc4N3c3nc(-c4ccccc4)cc(-c4ccccc4)n3)cc2)N(c2ccccc2)c2ccccc2N1c1nc(-c2ccccc2)cc(-c2ccccc2)n1. The molecule has 354 valence electrons. The van der Waals surface area contributed by atoms with Crippen LogP contribution in [0.25, 0.3) is 45.0 Å². The fourth-order valence-corrected chi connectivity index (χ4v) is 15.7. The summed E-state index contributed by atoms with van der Waals surface area (Å²) in [6.07, 6.45) is 0. The summed E-state index contributed by atoms with van der Waals surface area (Å²) in [5.74, 6) is 0.544. The summed E-state index contributed by atoms with van der Waals surface area (Å²) >= 11 is 0. The minimum absolute atomic E-state index is 0.272. The molecule has 2 aromatic heterocycles. The second kappa shape index (κ2) is 18.4. The van der Waals surface area contributed by atoms with E-state index < -0.39 is 14.9 Å². The molecule has 13 rings (SSSR count). The topological polar surface area (TPSA) is 98.7 Å². The minimum atomic E-state index is -4.05. The highest BCUT2D eigenvalue weighted by Gasteiger charge is 2.53. The highest BCUT2D eigenvalue weighted by atomic mass is 31.2. The molecule has 10 nitrogen and oxygen atoms in total. The molecule has 9 aromatic carbocycles. The quantitative estimate of drug-likeness (QED) is 0.123. The second-order valence-corrected chi connectivity index (χ2v) is 22.7. The van der Waals surface area contributed by atoms with Gasteiger partial charge in [-0.05, 0) is 84.9 Å². The summed E-state index contributed by atoms with van der Waals surface area (Å²) in [6, 6.07) is 86.5. The molecule has 0 saturated heterocycles. The predicted molar refractivity (Wildman–Crippen MR) is 301 cm³/mol. The van der Waals surface area contributed by atoms with Gasteiger partial charge in [0.2, 0.25) is 11.9 Å². The molecule has 0 saturated carbocycles. The summed E-state index contributed by atoms with van der Waals surface area (Å²) in [5.41, 5.74) is 10.6. The van der Waals surface area contributed by atoms with Crippen LogP contribution in [0.3, 0.4) is 0 Å². The summed E-state index contributed by atoms with van der Waals surface area (Å²) < 4.78 is 42.1. The fraction of sp³-hybridized carbons (Fsp3) is 0. The highest BCUT2D eigenvalue weighted by molar-refractivity contribution is 7.76. The van der Waals surface area contributed by atoms with Gasteiger partial charge in [-0.3, -0.25) is 18.5 Å². The molecule has 0 fully saturated rings. The van der Waals surface area contributed by atoms with E-state index >= 15 is 9.13 Å².